The zero-order chi connectivity index (χ0) is 18.4. The molecule has 0 aliphatic rings. The quantitative estimate of drug-likeness (QED) is 0.877. The van der Waals surface area contributed by atoms with Crippen molar-refractivity contribution in [2.24, 2.45) is 0 Å². The molecule has 0 radical (unpaired) electrons. The van der Waals surface area contributed by atoms with E-state index in [4.69, 9.17) is 9.47 Å². The molecule has 25 heavy (non-hydrogen) atoms. The molecule has 0 unspecified atom stereocenters. The van der Waals surface area contributed by atoms with Gasteiger partial charge in [0.15, 0.2) is 11.5 Å². The number of hydrogen-bond acceptors (Lipinski definition) is 4. The van der Waals surface area contributed by atoms with Crippen LogP contribution in [0.2, 0.25) is 0 Å². The van der Waals surface area contributed by atoms with E-state index >= 15 is 0 Å². The SMILES string of the molecule is COc1cc(CN(C(=O)OCc2ccccc2)C(C)(C)C)ccc1O. The maximum atomic E-state index is 12.6. The van der Waals surface area contributed by atoms with E-state index in [0.717, 1.165) is 11.1 Å². The monoisotopic (exact) mass is 343 g/mol. The molecule has 134 valence electrons. The molecule has 2 aromatic carbocycles. The number of nitrogens with zero attached hydrogens (tertiary/aromatic N) is 1. The molecule has 0 atom stereocenters. The third-order valence-corrected chi connectivity index (χ3v) is 3.82. The molecule has 0 spiro atoms. The van der Waals surface area contributed by atoms with Crippen LogP contribution in [0.15, 0.2) is 48.5 Å². The molecule has 0 aliphatic heterocycles. The largest absolute Gasteiger partial charge is 0.504 e. The van der Waals surface area contributed by atoms with Gasteiger partial charge in [-0.05, 0) is 44.0 Å². The van der Waals surface area contributed by atoms with Crippen LogP contribution >= 0.6 is 0 Å². The smallest absolute Gasteiger partial charge is 0.410 e. The summed E-state index contributed by atoms with van der Waals surface area (Å²) in [5.41, 5.74) is 1.37. The summed E-state index contributed by atoms with van der Waals surface area (Å²) in [4.78, 5) is 14.3. The minimum Gasteiger partial charge on any atom is -0.504 e. The number of phenolic OH excluding ortho intramolecular Hbond substituents is 1. The van der Waals surface area contributed by atoms with E-state index in [1.807, 2.05) is 51.1 Å². The second-order valence-electron chi connectivity index (χ2n) is 6.80. The molecule has 0 aliphatic carbocycles. The highest BCUT2D eigenvalue weighted by atomic mass is 16.6. The van der Waals surface area contributed by atoms with E-state index < -0.39 is 5.54 Å². The minimum atomic E-state index is -0.418. The van der Waals surface area contributed by atoms with Gasteiger partial charge in [-0.15, -0.1) is 0 Å². The van der Waals surface area contributed by atoms with Crippen LogP contribution in [0, 0.1) is 0 Å². The number of benzene rings is 2. The molecule has 0 bridgehead atoms. The Bertz CT molecular complexity index is 707. The number of rotatable bonds is 5. The van der Waals surface area contributed by atoms with Gasteiger partial charge in [-0.25, -0.2) is 4.79 Å². The third-order valence-electron chi connectivity index (χ3n) is 3.82. The van der Waals surface area contributed by atoms with Crippen LogP contribution in [0.25, 0.3) is 0 Å². The molecule has 5 heteroatoms. The average Bonchev–Trinajstić information content (AvgIpc) is 2.58. The summed E-state index contributed by atoms with van der Waals surface area (Å²) in [6.07, 6.45) is -0.386. The summed E-state index contributed by atoms with van der Waals surface area (Å²) in [5.74, 6) is 0.448. The van der Waals surface area contributed by atoms with Gasteiger partial charge in [0.25, 0.3) is 0 Å². The van der Waals surface area contributed by atoms with Crippen molar-refractivity contribution >= 4 is 6.09 Å². The lowest BCUT2D eigenvalue weighted by molar-refractivity contribution is 0.0588. The van der Waals surface area contributed by atoms with Gasteiger partial charge in [-0.3, -0.25) is 4.90 Å². The Labute approximate surface area is 148 Å². The van der Waals surface area contributed by atoms with Crippen LogP contribution in [0.4, 0.5) is 4.79 Å². The molecule has 0 fully saturated rings. The second kappa shape index (κ2) is 7.92. The van der Waals surface area contributed by atoms with Crippen molar-refractivity contribution in [1.82, 2.24) is 4.90 Å². The van der Waals surface area contributed by atoms with Crippen LogP contribution < -0.4 is 4.74 Å². The van der Waals surface area contributed by atoms with E-state index in [9.17, 15) is 9.90 Å². The molecule has 0 aromatic heterocycles. The Hall–Kier alpha value is -2.69. The zero-order valence-corrected chi connectivity index (χ0v) is 15.2. The Morgan fingerprint density at radius 3 is 2.36 bits per heavy atom. The summed E-state index contributed by atoms with van der Waals surface area (Å²) in [6, 6.07) is 14.6. The number of aromatic hydroxyl groups is 1. The summed E-state index contributed by atoms with van der Waals surface area (Å²) in [6.45, 7) is 6.44. The highest BCUT2D eigenvalue weighted by molar-refractivity contribution is 5.68. The number of ether oxygens (including phenoxy) is 2. The average molecular weight is 343 g/mol. The lowest BCUT2D eigenvalue weighted by atomic mass is 10.1. The number of hydrogen-bond donors (Lipinski definition) is 1. The van der Waals surface area contributed by atoms with Crippen LogP contribution in [0.3, 0.4) is 0 Å². The highest BCUT2D eigenvalue weighted by Crippen LogP contribution is 2.28. The third kappa shape index (κ3) is 5.14. The molecule has 0 saturated heterocycles. The predicted octanol–water partition coefficient (Wildman–Crippen LogP) is 4.34. The first-order valence-corrected chi connectivity index (χ1v) is 8.15. The summed E-state index contributed by atoms with van der Waals surface area (Å²) >= 11 is 0. The summed E-state index contributed by atoms with van der Waals surface area (Å²) in [5, 5.41) is 9.72. The fourth-order valence-electron chi connectivity index (χ4n) is 2.38. The first-order chi connectivity index (χ1) is 11.8. The maximum Gasteiger partial charge on any atom is 0.410 e. The van der Waals surface area contributed by atoms with Crippen molar-refractivity contribution in [3.05, 3.63) is 59.7 Å². The van der Waals surface area contributed by atoms with E-state index in [0.29, 0.717) is 12.3 Å². The molecule has 1 N–H and O–H groups in total. The van der Waals surface area contributed by atoms with Crippen LogP contribution in [-0.4, -0.2) is 28.7 Å². The molecule has 5 nitrogen and oxygen atoms in total. The van der Waals surface area contributed by atoms with E-state index in [1.165, 1.54) is 7.11 Å². The Balaban J connectivity index is 2.12. The first kappa shape index (κ1) is 18.6. The zero-order valence-electron chi connectivity index (χ0n) is 15.2. The van der Waals surface area contributed by atoms with Crippen LogP contribution in [0.1, 0.15) is 31.9 Å². The summed E-state index contributed by atoms with van der Waals surface area (Å²) in [7, 11) is 1.49. The Morgan fingerprint density at radius 2 is 1.76 bits per heavy atom. The van der Waals surface area contributed by atoms with E-state index in [-0.39, 0.29) is 18.4 Å². The first-order valence-electron chi connectivity index (χ1n) is 8.15. The van der Waals surface area contributed by atoms with Crippen molar-refractivity contribution in [2.75, 3.05) is 7.11 Å². The lowest BCUT2D eigenvalue weighted by Gasteiger charge is -2.35. The van der Waals surface area contributed by atoms with E-state index in [2.05, 4.69) is 0 Å². The van der Waals surface area contributed by atoms with Crippen molar-refractivity contribution in [3.8, 4) is 11.5 Å². The van der Waals surface area contributed by atoms with Crippen molar-refractivity contribution < 1.29 is 19.4 Å². The molecule has 1 amide bonds. The van der Waals surface area contributed by atoms with Gasteiger partial charge in [-0.2, -0.15) is 0 Å². The molecule has 0 heterocycles. The Morgan fingerprint density at radius 1 is 1.08 bits per heavy atom. The molecular weight excluding hydrogens is 318 g/mol. The Kier molecular flexibility index (Phi) is 5.91. The molecular formula is C20H25NO4. The van der Waals surface area contributed by atoms with Gasteiger partial charge in [0, 0.05) is 12.1 Å². The van der Waals surface area contributed by atoms with Crippen LogP contribution in [0.5, 0.6) is 11.5 Å². The number of carbonyl (C=O) groups is 1. The van der Waals surface area contributed by atoms with Crippen molar-refractivity contribution in [3.63, 3.8) is 0 Å². The number of phenols is 1. The summed E-state index contributed by atoms with van der Waals surface area (Å²) < 4.78 is 10.6. The highest BCUT2D eigenvalue weighted by Gasteiger charge is 2.28. The fraction of sp³-hybridized carbons (Fsp3) is 0.350. The van der Waals surface area contributed by atoms with E-state index in [1.54, 1.807) is 23.1 Å². The molecule has 0 saturated carbocycles. The van der Waals surface area contributed by atoms with Crippen LogP contribution in [-0.2, 0) is 17.9 Å². The van der Waals surface area contributed by atoms with Gasteiger partial charge in [0.1, 0.15) is 6.61 Å². The topological polar surface area (TPSA) is 59.0 Å². The van der Waals surface area contributed by atoms with Gasteiger partial charge < -0.3 is 14.6 Å². The standard InChI is InChI=1S/C20H25NO4/c1-20(2,3)21(13-16-10-11-17(22)18(12-16)24-4)19(23)25-14-15-8-6-5-7-9-15/h5-12,22H,13-14H2,1-4H3. The number of methoxy groups -OCH3 is 1. The normalized spacial score (nSPS) is 11.0. The van der Waals surface area contributed by atoms with Gasteiger partial charge >= 0.3 is 6.09 Å². The number of amides is 1. The lowest BCUT2D eigenvalue weighted by Crippen LogP contribution is -2.45. The maximum absolute atomic E-state index is 12.6. The molecule has 2 rings (SSSR count). The number of carbonyl (C=O) groups excluding carboxylic acids is 1. The van der Waals surface area contributed by atoms with Gasteiger partial charge in [0.05, 0.1) is 7.11 Å². The minimum absolute atomic E-state index is 0.0696. The predicted molar refractivity (Wildman–Crippen MR) is 96.6 cm³/mol. The van der Waals surface area contributed by atoms with Gasteiger partial charge in [-0.1, -0.05) is 36.4 Å². The van der Waals surface area contributed by atoms with Gasteiger partial charge in [0.2, 0.25) is 0 Å². The second-order valence-corrected chi connectivity index (χ2v) is 6.80. The van der Waals surface area contributed by atoms with Crippen molar-refractivity contribution in [1.29, 1.82) is 0 Å². The fourth-order valence-corrected chi connectivity index (χ4v) is 2.38. The van der Waals surface area contributed by atoms with Crippen molar-refractivity contribution in [2.45, 2.75) is 39.5 Å². The molecule has 2 aromatic rings.